The van der Waals surface area contributed by atoms with Crippen molar-refractivity contribution >= 4 is 21.8 Å². The lowest BCUT2D eigenvalue weighted by molar-refractivity contribution is 0.0845. The van der Waals surface area contributed by atoms with Gasteiger partial charge in [0.2, 0.25) is 10.0 Å². The van der Waals surface area contributed by atoms with Crippen molar-refractivity contribution in [3.8, 4) is 5.75 Å². The fourth-order valence-electron chi connectivity index (χ4n) is 5.10. The third kappa shape index (κ3) is 3.99. The normalized spacial score (nSPS) is 21.1. The number of ether oxygens (including phenoxy) is 2. The van der Waals surface area contributed by atoms with Gasteiger partial charge in [-0.2, -0.15) is 4.31 Å². The van der Waals surface area contributed by atoms with Crippen molar-refractivity contribution in [2.24, 2.45) is 0 Å². The van der Waals surface area contributed by atoms with Crippen molar-refractivity contribution in [1.82, 2.24) is 4.31 Å². The van der Waals surface area contributed by atoms with Crippen molar-refractivity contribution in [3.63, 3.8) is 0 Å². The van der Waals surface area contributed by atoms with Gasteiger partial charge in [-0.05, 0) is 75.8 Å². The molecule has 2 aromatic carbocycles. The van der Waals surface area contributed by atoms with Gasteiger partial charge in [-0.15, -0.1) is 0 Å². The van der Waals surface area contributed by atoms with Gasteiger partial charge in [0.15, 0.2) is 0 Å². The summed E-state index contributed by atoms with van der Waals surface area (Å²) < 4.78 is 39.7. The second-order valence-corrected chi connectivity index (χ2v) is 11.7. The zero-order valence-electron chi connectivity index (χ0n) is 19.3. The molecule has 0 atom stereocenters. The van der Waals surface area contributed by atoms with E-state index in [4.69, 9.17) is 9.47 Å². The highest BCUT2D eigenvalue weighted by Gasteiger charge is 2.38. The monoisotopic (exact) mass is 470 g/mol. The number of rotatable bonds is 3. The molecule has 176 valence electrons. The number of amides is 1. The summed E-state index contributed by atoms with van der Waals surface area (Å²) in [6.45, 7) is 7.08. The largest absolute Gasteiger partial charge is 0.488 e. The van der Waals surface area contributed by atoms with Gasteiger partial charge in [0.1, 0.15) is 18.0 Å². The predicted octanol–water partition coefficient (Wildman–Crippen LogP) is 4.41. The van der Waals surface area contributed by atoms with Crippen LogP contribution < -0.4 is 9.64 Å². The van der Waals surface area contributed by atoms with Gasteiger partial charge in [-0.3, -0.25) is 4.90 Å². The van der Waals surface area contributed by atoms with Crippen LogP contribution in [0.25, 0.3) is 0 Å². The van der Waals surface area contributed by atoms with Crippen molar-refractivity contribution in [2.45, 2.75) is 69.6 Å². The van der Waals surface area contributed by atoms with Crippen LogP contribution in [-0.4, -0.2) is 43.5 Å². The summed E-state index contributed by atoms with van der Waals surface area (Å²) in [7, 11) is -3.62. The molecule has 0 aromatic heterocycles. The Morgan fingerprint density at radius 2 is 1.82 bits per heavy atom. The van der Waals surface area contributed by atoms with Gasteiger partial charge >= 0.3 is 6.09 Å². The molecule has 0 unspecified atom stereocenters. The van der Waals surface area contributed by atoms with Crippen LogP contribution in [0.1, 0.15) is 49.8 Å². The number of hydrogen-bond acceptors (Lipinski definition) is 5. The number of aryl methyl sites for hydroxylation is 2. The topological polar surface area (TPSA) is 76.2 Å². The summed E-state index contributed by atoms with van der Waals surface area (Å²) in [5.41, 5.74) is 3.63. The van der Waals surface area contributed by atoms with Crippen LogP contribution in [0.4, 0.5) is 10.5 Å². The number of anilines is 1. The average Bonchev–Trinajstić information content (AvgIpc) is 2.78. The third-order valence-electron chi connectivity index (χ3n) is 6.95. The number of nitrogens with zero attached hydrogens (tertiary/aromatic N) is 2. The number of cyclic esters (lactones) is 1. The maximum Gasteiger partial charge on any atom is 0.414 e. The molecule has 0 radical (unpaired) electrons. The van der Waals surface area contributed by atoms with E-state index in [9.17, 15) is 13.2 Å². The first-order valence-electron chi connectivity index (χ1n) is 11.5. The Morgan fingerprint density at radius 1 is 1.06 bits per heavy atom. The molecule has 33 heavy (non-hydrogen) atoms. The minimum atomic E-state index is -3.62. The molecule has 1 amide bonds. The van der Waals surface area contributed by atoms with Crippen molar-refractivity contribution < 1.29 is 22.7 Å². The molecule has 8 heteroatoms. The van der Waals surface area contributed by atoms with Gasteiger partial charge in [-0.25, -0.2) is 13.2 Å². The number of piperidine rings is 1. The standard InChI is InChI=1S/C25H30N2O5S/c1-17-5-4-6-19-16-31-24(28)27(23(17)19)20-10-13-26(14-11-20)33(29,30)21-7-8-22-18(15-21)9-12-25(2,3)32-22/h4-8,15,20H,9-14,16H2,1-3H3. The number of benzene rings is 2. The van der Waals surface area contributed by atoms with Crippen LogP contribution in [0.2, 0.25) is 0 Å². The summed E-state index contributed by atoms with van der Waals surface area (Å²) in [5.74, 6) is 0.765. The molecule has 0 bridgehead atoms. The summed E-state index contributed by atoms with van der Waals surface area (Å²) in [6.07, 6.45) is 2.41. The van der Waals surface area contributed by atoms with Gasteiger partial charge < -0.3 is 9.47 Å². The molecule has 7 nitrogen and oxygen atoms in total. The van der Waals surface area contributed by atoms with E-state index >= 15 is 0 Å². The Morgan fingerprint density at radius 3 is 2.58 bits per heavy atom. The van der Waals surface area contributed by atoms with Crippen molar-refractivity contribution in [1.29, 1.82) is 0 Å². The molecule has 3 aliphatic heterocycles. The molecule has 1 fully saturated rings. The SMILES string of the molecule is Cc1cccc2c1N(C1CCN(S(=O)(=O)c3ccc4c(c3)CCC(C)(C)O4)CC1)C(=O)OC2. The zero-order chi connectivity index (χ0) is 23.4. The molecular formula is C25H30N2O5S. The number of hydrogen-bond donors (Lipinski definition) is 0. The predicted molar refractivity (Wildman–Crippen MR) is 125 cm³/mol. The van der Waals surface area contributed by atoms with Gasteiger partial charge in [0.25, 0.3) is 0 Å². The maximum absolute atomic E-state index is 13.4. The molecule has 2 aromatic rings. The van der Waals surface area contributed by atoms with E-state index in [0.29, 0.717) is 30.8 Å². The first-order valence-corrected chi connectivity index (χ1v) is 13.0. The average molecular weight is 471 g/mol. The van der Waals surface area contributed by atoms with Crippen LogP contribution in [0.3, 0.4) is 0 Å². The Balaban J connectivity index is 1.33. The van der Waals surface area contributed by atoms with Crippen molar-refractivity contribution in [2.75, 3.05) is 18.0 Å². The van der Waals surface area contributed by atoms with Crippen LogP contribution in [0.15, 0.2) is 41.3 Å². The quantitative estimate of drug-likeness (QED) is 0.664. The summed E-state index contributed by atoms with van der Waals surface area (Å²) in [6, 6.07) is 11.0. The summed E-state index contributed by atoms with van der Waals surface area (Å²) in [4.78, 5) is 14.7. The van der Waals surface area contributed by atoms with Gasteiger partial charge in [-0.1, -0.05) is 18.2 Å². The number of fused-ring (bicyclic) bond motifs is 2. The Bertz CT molecular complexity index is 1200. The molecule has 1 saturated heterocycles. The maximum atomic E-state index is 13.4. The molecule has 3 heterocycles. The highest BCUT2D eigenvalue weighted by atomic mass is 32.2. The number of para-hydroxylation sites is 1. The minimum Gasteiger partial charge on any atom is -0.488 e. The lowest BCUT2D eigenvalue weighted by Gasteiger charge is -2.40. The Hall–Kier alpha value is -2.58. The molecule has 5 rings (SSSR count). The smallest absolute Gasteiger partial charge is 0.414 e. The van der Waals surface area contributed by atoms with Crippen LogP contribution >= 0.6 is 0 Å². The minimum absolute atomic E-state index is 0.0942. The van der Waals surface area contributed by atoms with E-state index in [1.807, 2.05) is 39.0 Å². The Kier molecular flexibility index (Phi) is 5.40. The van der Waals surface area contributed by atoms with E-state index < -0.39 is 10.0 Å². The second kappa shape index (κ2) is 8.02. The highest BCUT2D eigenvalue weighted by Crippen LogP contribution is 2.37. The Labute approximate surface area is 195 Å². The van der Waals surface area contributed by atoms with Crippen LogP contribution in [0.5, 0.6) is 5.75 Å². The molecule has 0 spiro atoms. The number of carbonyl (C=O) groups excluding carboxylic acids is 1. The van der Waals surface area contributed by atoms with Gasteiger partial charge in [0.05, 0.1) is 10.6 Å². The lowest BCUT2D eigenvalue weighted by atomic mass is 9.94. The van der Waals surface area contributed by atoms with E-state index in [0.717, 1.165) is 41.0 Å². The first-order chi connectivity index (χ1) is 15.7. The third-order valence-corrected chi connectivity index (χ3v) is 8.85. The summed E-state index contributed by atoms with van der Waals surface area (Å²) >= 11 is 0. The van der Waals surface area contributed by atoms with E-state index in [2.05, 4.69) is 0 Å². The molecular weight excluding hydrogens is 440 g/mol. The molecule has 0 aliphatic carbocycles. The van der Waals surface area contributed by atoms with Crippen LogP contribution in [0, 0.1) is 6.92 Å². The van der Waals surface area contributed by atoms with E-state index in [-0.39, 0.29) is 24.3 Å². The fourth-order valence-corrected chi connectivity index (χ4v) is 6.62. The fraction of sp³-hybridized carbons (Fsp3) is 0.480. The summed E-state index contributed by atoms with van der Waals surface area (Å²) in [5, 5.41) is 0. The van der Waals surface area contributed by atoms with E-state index in [1.54, 1.807) is 23.1 Å². The molecule has 0 N–H and O–H groups in total. The number of carbonyl (C=O) groups is 1. The molecule has 0 saturated carbocycles. The first kappa shape index (κ1) is 22.2. The lowest BCUT2D eigenvalue weighted by Crippen LogP contribution is -2.50. The van der Waals surface area contributed by atoms with E-state index in [1.165, 1.54) is 4.31 Å². The van der Waals surface area contributed by atoms with Crippen molar-refractivity contribution in [3.05, 3.63) is 53.1 Å². The van der Waals surface area contributed by atoms with Gasteiger partial charge in [0, 0.05) is 24.7 Å². The zero-order valence-corrected chi connectivity index (χ0v) is 20.2. The molecule has 3 aliphatic rings. The number of sulfonamides is 1. The second-order valence-electron chi connectivity index (χ2n) is 9.77. The van der Waals surface area contributed by atoms with Crippen LogP contribution in [-0.2, 0) is 27.8 Å². The highest BCUT2D eigenvalue weighted by molar-refractivity contribution is 7.89.